The first kappa shape index (κ1) is 13.4. The van der Waals surface area contributed by atoms with Gasteiger partial charge in [-0.25, -0.2) is 4.98 Å². The Hall–Kier alpha value is -2.04. The fraction of sp³-hybridized carbons (Fsp3) is 0.429. The van der Waals surface area contributed by atoms with Crippen molar-refractivity contribution >= 4 is 17.6 Å². The smallest absolute Gasteiger partial charge is 0.258 e. The number of fused-ring (bicyclic) bond motifs is 1. The van der Waals surface area contributed by atoms with E-state index < -0.39 is 0 Å². The van der Waals surface area contributed by atoms with Crippen molar-refractivity contribution in [3.63, 3.8) is 0 Å². The second-order valence-electron chi connectivity index (χ2n) is 4.43. The maximum atomic E-state index is 12.1. The molecule has 0 unspecified atom stereocenters. The summed E-state index contributed by atoms with van der Waals surface area (Å²) in [5, 5.41) is 0. The minimum absolute atomic E-state index is 0.00506. The lowest BCUT2D eigenvalue weighted by Gasteiger charge is -2.14. The predicted octanol–water partition coefficient (Wildman–Crippen LogP) is 1.67. The quantitative estimate of drug-likeness (QED) is 0.836. The zero-order chi connectivity index (χ0) is 13.8. The minimum Gasteiger partial charge on any atom is -0.308 e. The first-order valence-electron chi connectivity index (χ1n) is 6.49. The fourth-order valence-electron chi connectivity index (χ4n) is 2.15. The molecular formula is C14H17N3O2. The Kier molecular flexibility index (Phi) is 4.04. The van der Waals surface area contributed by atoms with Crippen LogP contribution in [-0.2, 0) is 17.8 Å². The van der Waals surface area contributed by atoms with Gasteiger partial charge in [0.25, 0.3) is 5.56 Å². The molecular weight excluding hydrogens is 242 g/mol. The van der Waals surface area contributed by atoms with Gasteiger partial charge in [-0.1, -0.05) is 13.8 Å². The molecule has 1 aliphatic carbocycles. The van der Waals surface area contributed by atoms with Crippen LogP contribution in [0.4, 0.5) is 0 Å². The number of carbonyl (C=O) groups is 1. The molecule has 0 amide bonds. The predicted molar refractivity (Wildman–Crippen MR) is 74.3 cm³/mol. The molecule has 1 N–H and O–H groups in total. The molecule has 5 nitrogen and oxygen atoms in total. The highest BCUT2D eigenvalue weighted by Gasteiger charge is 2.21. The lowest BCUT2D eigenvalue weighted by molar-refractivity contribution is -0.114. The van der Waals surface area contributed by atoms with Crippen molar-refractivity contribution in [3.8, 4) is 0 Å². The third kappa shape index (κ3) is 2.86. The summed E-state index contributed by atoms with van der Waals surface area (Å²) in [5.74, 6) is 0.518. The second kappa shape index (κ2) is 5.73. The highest BCUT2D eigenvalue weighted by molar-refractivity contribution is 6.01. The SMILES string of the molecule is CCC=NCc1nc2c(c(=O)[nH]1)C(CC)=CC(=O)C2. The van der Waals surface area contributed by atoms with Gasteiger partial charge in [-0.15, -0.1) is 0 Å². The molecule has 100 valence electrons. The summed E-state index contributed by atoms with van der Waals surface area (Å²) in [6.07, 6.45) is 5.02. The number of carbonyl (C=O) groups excluding carboxylic acids is 1. The third-order valence-electron chi connectivity index (χ3n) is 2.98. The molecule has 0 aliphatic heterocycles. The standard InChI is InChI=1S/C14H17N3O2/c1-3-5-15-8-12-16-11-7-10(18)6-9(4-2)13(11)14(19)17-12/h5-6H,3-4,7-8H2,1-2H3,(H,16,17,19). The Morgan fingerprint density at radius 1 is 1.42 bits per heavy atom. The van der Waals surface area contributed by atoms with Gasteiger partial charge in [0.05, 0.1) is 24.2 Å². The Morgan fingerprint density at radius 3 is 2.89 bits per heavy atom. The topological polar surface area (TPSA) is 75.2 Å². The third-order valence-corrected chi connectivity index (χ3v) is 2.98. The molecule has 0 saturated carbocycles. The molecule has 0 bridgehead atoms. The number of aromatic nitrogens is 2. The van der Waals surface area contributed by atoms with Gasteiger partial charge in [-0.2, -0.15) is 0 Å². The van der Waals surface area contributed by atoms with E-state index in [0.29, 0.717) is 30.0 Å². The number of nitrogens with one attached hydrogen (secondary N) is 1. The van der Waals surface area contributed by atoms with E-state index in [1.165, 1.54) is 0 Å². The van der Waals surface area contributed by atoms with Crippen LogP contribution in [0.3, 0.4) is 0 Å². The van der Waals surface area contributed by atoms with Gasteiger partial charge in [0.1, 0.15) is 5.82 Å². The van der Waals surface area contributed by atoms with Gasteiger partial charge >= 0.3 is 0 Å². The minimum atomic E-state index is -0.174. The lowest BCUT2D eigenvalue weighted by Crippen LogP contribution is -2.24. The molecule has 0 saturated heterocycles. The Labute approximate surface area is 111 Å². The molecule has 1 aromatic heterocycles. The van der Waals surface area contributed by atoms with E-state index in [9.17, 15) is 9.59 Å². The molecule has 19 heavy (non-hydrogen) atoms. The van der Waals surface area contributed by atoms with E-state index in [-0.39, 0.29) is 17.8 Å². The fourth-order valence-corrected chi connectivity index (χ4v) is 2.15. The number of hydrogen-bond acceptors (Lipinski definition) is 4. The first-order valence-corrected chi connectivity index (χ1v) is 6.49. The van der Waals surface area contributed by atoms with Crippen LogP contribution in [0.2, 0.25) is 0 Å². The van der Waals surface area contributed by atoms with E-state index >= 15 is 0 Å². The largest absolute Gasteiger partial charge is 0.308 e. The number of nitrogens with zero attached hydrogens (tertiary/aromatic N) is 2. The summed E-state index contributed by atoms with van der Waals surface area (Å²) in [6, 6.07) is 0. The van der Waals surface area contributed by atoms with E-state index in [1.54, 1.807) is 12.3 Å². The van der Waals surface area contributed by atoms with Crippen LogP contribution >= 0.6 is 0 Å². The number of allylic oxidation sites excluding steroid dienone is 2. The van der Waals surface area contributed by atoms with Gasteiger partial charge in [0, 0.05) is 0 Å². The molecule has 5 heteroatoms. The zero-order valence-corrected chi connectivity index (χ0v) is 11.2. The van der Waals surface area contributed by atoms with Crippen molar-refractivity contribution in [1.29, 1.82) is 0 Å². The average molecular weight is 259 g/mol. The number of rotatable bonds is 4. The van der Waals surface area contributed by atoms with Gasteiger partial charge in [-0.3, -0.25) is 14.6 Å². The molecule has 2 rings (SSSR count). The molecule has 0 fully saturated rings. The normalized spacial score (nSPS) is 14.6. The van der Waals surface area contributed by atoms with Gasteiger partial charge in [-0.05, 0) is 30.7 Å². The Bertz CT molecular complexity index is 612. The summed E-state index contributed by atoms with van der Waals surface area (Å²) >= 11 is 0. The van der Waals surface area contributed by atoms with Crippen molar-refractivity contribution in [1.82, 2.24) is 9.97 Å². The van der Waals surface area contributed by atoms with Gasteiger partial charge in [0.2, 0.25) is 0 Å². The number of aromatic amines is 1. The van der Waals surface area contributed by atoms with Crippen molar-refractivity contribution in [2.45, 2.75) is 39.7 Å². The molecule has 0 atom stereocenters. The first-order chi connectivity index (χ1) is 9.15. The van der Waals surface area contributed by atoms with Gasteiger partial charge < -0.3 is 4.98 Å². The van der Waals surface area contributed by atoms with Crippen molar-refractivity contribution in [3.05, 3.63) is 33.5 Å². The molecule has 0 radical (unpaired) electrons. The summed E-state index contributed by atoms with van der Waals surface area (Å²) in [4.78, 5) is 35.0. The Morgan fingerprint density at radius 2 is 2.21 bits per heavy atom. The zero-order valence-electron chi connectivity index (χ0n) is 11.2. The average Bonchev–Trinajstić information content (AvgIpc) is 2.37. The van der Waals surface area contributed by atoms with E-state index in [1.807, 2.05) is 13.8 Å². The van der Waals surface area contributed by atoms with Crippen LogP contribution in [0.25, 0.3) is 5.57 Å². The van der Waals surface area contributed by atoms with E-state index in [2.05, 4.69) is 15.0 Å². The summed E-state index contributed by atoms with van der Waals surface area (Å²) in [7, 11) is 0. The molecule has 1 aliphatic rings. The van der Waals surface area contributed by atoms with E-state index in [4.69, 9.17) is 0 Å². The van der Waals surface area contributed by atoms with Crippen molar-refractivity contribution in [2.24, 2.45) is 4.99 Å². The highest BCUT2D eigenvalue weighted by atomic mass is 16.1. The molecule has 0 aromatic carbocycles. The second-order valence-corrected chi connectivity index (χ2v) is 4.43. The van der Waals surface area contributed by atoms with Crippen molar-refractivity contribution in [2.75, 3.05) is 0 Å². The van der Waals surface area contributed by atoms with Crippen molar-refractivity contribution < 1.29 is 4.79 Å². The Balaban J connectivity index is 2.42. The molecule has 1 heterocycles. The van der Waals surface area contributed by atoms with Crippen LogP contribution in [0.5, 0.6) is 0 Å². The highest BCUT2D eigenvalue weighted by Crippen LogP contribution is 2.22. The van der Waals surface area contributed by atoms with Crippen LogP contribution in [-0.4, -0.2) is 22.0 Å². The van der Waals surface area contributed by atoms with E-state index in [0.717, 1.165) is 12.0 Å². The van der Waals surface area contributed by atoms with Crippen LogP contribution in [0.1, 0.15) is 43.8 Å². The van der Waals surface area contributed by atoms with Gasteiger partial charge in [0.15, 0.2) is 5.78 Å². The summed E-state index contributed by atoms with van der Waals surface area (Å²) in [6.45, 7) is 4.26. The number of hydrogen-bond donors (Lipinski definition) is 1. The number of H-pyrrole nitrogens is 1. The van der Waals surface area contributed by atoms with Crippen LogP contribution < -0.4 is 5.56 Å². The maximum Gasteiger partial charge on any atom is 0.258 e. The lowest BCUT2D eigenvalue weighted by atomic mass is 9.93. The van der Waals surface area contributed by atoms with Crippen LogP contribution in [0, 0.1) is 0 Å². The van der Waals surface area contributed by atoms with Crippen LogP contribution in [0.15, 0.2) is 15.9 Å². The summed E-state index contributed by atoms with van der Waals surface area (Å²) < 4.78 is 0. The monoisotopic (exact) mass is 259 g/mol. The molecule has 1 aromatic rings. The maximum absolute atomic E-state index is 12.1. The number of aliphatic imine (C=N–C) groups is 1. The molecule has 0 spiro atoms. The summed E-state index contributed by atoms with van der Waals surface area (Å²) in [5.41, 5.74) is 1.73. The number of ketones is 1.